The van der Waals surface area contributed by atoms with Gasteiger partial charge in [0.2, 0.25) is 0 Å². The Morgan fingerprint density at radius 2 is 1.60 bits per heavy atom. The van der Waals surface area contributed by atoms with E-state index in [1.54, 1.807) is 23.1 Å². The van der Waals surface area contributed by atoms with Gasteiger partial charge in [0, 0.05) is 22.9 Å². The molecule has 5 rings (SSSR count). The highest BCUT2D eigenvalue weighted by atomic mass is 32.2. The molecule has 3 aromatic carbocycles. The van der Waals surface area contributed by atoms with Crippen LogP contribution in [0.15, 0.2) is 106 Å². The molecule has 1 fully saturated rings. The number of thiocarbonyl (C=S) groups is 1. The van der Waals surface area contributed by atoms with Crippen LogP contribution < -0.4 is 5.32 Å². The summed E-state index contributed by atoms with van der Waals surface area (Å²) in [5.74, 6) is 0.896. The van der Waals surface area contributed by atoms with Gasteiger partial charge >= 0.3 is 0 Å². The first-order chi connectivity index (χ1) is 17.1. The summed E-state index contributed by atoms with van der Waals surface area (Å²) in [4.78, 5) is 27.5. The normalized spacial score (nSPS) is 14.5. The number of nitrogens with zero attached hydrogens (tertiary/aromatic N) is 1. The maximum atomic E-state index is 12.9. The van der Waals surface area contributed by atoms with E-state index < -0.39 is 0 Å². The first kappa shape index (κ1) is 22.8. The van der Waals surface area contributed by atoms with Gasteiger partial charge in [-0.15, -0.1) is 0 Å². The highest BCUT2D eigenvalue weighted by molar-refractivity contribution is 8.26. The maximum Gasteiger partial charge on any atom is 0.266 e. The molecule has 1 saturated heterocycles. The van der Waals surface area contributed by atoms with E-state index in [-0.39, 0.29) is 11.8 Å². The van der Waals surface area contributed by atoms with Crippen LogP contribution in [0.2, 0.25) is 0 Å². The first-order valence-corrected chi connectivity index (χ1v) is 12.2. The molecule has 0 spiro atoms. The van der Waals surface area contributed by atoms with Crippen molar-refractivity contribution in [1.82, 2.24) is 4.90 Å². The molecule has 0 aliphatic carbocycles. The Balaban J connectivity index is 1.27. The van der Waals surface area contributed by atoms with Crippen molar-refractivity contribution in [3.05, 3.63) is 119 Å². The number of anilines is 1. The molecule has 7 heteroatoms. The summed E-state index contributed by atoms with van der Waals surface area (Å²) in [7, 11) is 0. The first-order valence-electron chi connectivity index (χ1n) is 10.9. The van der Waals surface area contributed by atoms with Crippen LogP contribution in [-0.2, 0) is 11.3 Å². The Morgan fingerprint density at radius 3 is 2.31 bits per heavy atom. The zero-order valence-electron chi connectivity index (χ0n) is 18.5. The number of carbonyl (C=O) groups excluding carboxylic acids is 2. The lowest BCUT2D eigenvalue weighted by atomic mass is 10.1. The van der Waals surface area contributed by atoms with Gasteiger partial charge in [-0.1, -0.05) is 84.6 Å². The second kappa shape index (κ2) is 10.1. The summed E-state index contributed by atoms with van der Waals surface area (Å²) in [6.45, 7) is 0.441. The van der Waals surface area contributed by atoms with Crippen molar-refractivity contribution < 1.29 is 14.0 Å². The summed E-state index contributed by atoms with van der Waals surface area (Å²) in [6.07, 6.45) is 1.72. The molecular formula is C28H20N2O3S2. The molecule has 0 bridgehead atoms. The van der Waals surface area contributed by atoms with E-state index in [0.29, 0.717) is 32.9 Å². The third kappa shape index (κ3) is 5.26. The van der Waals surface area contributed by atoms with Gasteiger partial charge in [0.25, 0.3) is 11.8 Å². The summed E-state index contributed by atoms with van der Waals surface area (Å²) in [5, 5.41) is 2.87. The van der Waals surface area contributed by atoms with Crippen molar-refractivity contribution in [3.8, 4) is 11.3 Å². The molecule has 0 atom stereocenters. The van der Waals surface area contributed by atoms with E-state index in [4.69, 9.17) is 16.6 Å². The standard InChI is InChI=1S/C28H20N2O3S2/c31-26(29-22-9-5-2-6-10-22)21-13-11-20(12-14-21)24-16-15-23(33-24)17-25-27(32)30(28(34)35-25)18-19-7-3-1-4-8-19/h1-17H,18H2,(H,29,31)/b25-17+. The highest BCUT2D eigenvalue weighted by Crippen LogP contribution is 2.34. The predicted molar refractivity (Wildman–Crippen MR) is 144 cm³/mol. The fourth-order valence-corrected chi connectivity index (χ4v) is 4.86. The smallest absolute Gasteiger partial charge is 0.266 e. The van der Waals surface area contributed by atoms with Crippen LogP contribution in [0.3, 0.4) is 0 Å². The Morgan fingerprint density at radius 1 is 0.914 bits per heavy atom. The Labute approximate surface area is 212 Å². The SMILES string of the molecule is O=C(Nc1ccccc1)c1ccc(-c2ccc(/C=C3/SC(=S)N(Cc4ccccc4)C3=O)o2)cc1. The highest BCUT2D eigenvalue weighted by Gasteiger charge is 2.32. The monoisotopic (exact) mass is 496 g/mol. The summed E-state index contributed by atoms with van der Waals surface area (Å²) in [5.41, 5.74) is 3.14. The minimum Gasteiger partial charge on any atom is -0.457 e. The quantitative estimate of drug-likeness (QED) is 0.241. The number of para-hydroxylation sites is 1. The number of carbonyl (C=O) groups is 2. The average molecular weight is 497 g/mol. The van der Waals surface area contributed by atoms with Crippen molar-refractivity contribution in [1.29, 1.82) is 0 Å². The molecule has 2 heterocycles. The second-order valence-corrected chi connectivity index (χ2v) is 9.53. The zero-order chi connectivity index (χ0) is 24.2. The molecule has 1 aromatic heterocycles. The number of nitrogens with one attached hydrogen (secondary N) is 1. The molecule has 4 aromatic rings. The van der Waals surface area contributed by atoms with Crippen molar-refractivity contribution in [2.75, 3.05) is 5.32 Å². The molecule has 172 valence electrons. The number of hydrogen-bond donors (Lipinski definition) is 1. The third-order valence-electron chi connectivity index (χ3n) is 5.42. The van der Waals surface area contributed by atoms with E-state index in [1.807, 2.05) is 84.9 Å². The van der Waals surface area contributed by atoms with Gasteiger partial charge in [0.15, 0.2) is 0 Å². The summed E-state index contributed by atoms with van der Waals surface area (Å²) in [6, 6.07) is 29.9. The number of benzene rings is 3. The molecular weight excluding hydrogens is 476 g/mol. The van der Waals surface area contributed by atoms with Crippen LogP contribution in [0.4, 0.5) is 5.69 Å². The zero-order valence-corrected chi connectivity index (χ0v) is 20.1. The van der Waals surface area contributed by atoms with Gasteiger partial charge in [0.05, 0.1) is 11.4 Å². The summed E-state index contributed by atoms with van der Waals surface area (Å²) >= 11 is 6.70. The largest absolute Gasteiger partial charge is 0.457 e. The van der Waals surface area contributed by atoms with Gasteiger partial charge < -0.3 is 9.73 Å². The van der Waals surface area contributed by atoms with E-state index in [0.717, 1.165) is 16.8 Å². The van der Waals surface area contributed by atoms with Gasteiger partial charge in [0.1, 0.15) is 15.8 Å². The van der Waals surface area contributed by atoms with E-state index in [2.05, 4.69) is 5.32 Å². The molecule has 1 aliphatic heterocycles. The number of hydrogen-bond acceptors (Lipinski definition) is 5. The maximum absolute atomic E-state index is 12.9. The minimum atomic E-state index is -0.180. The molecule has 0 saturated carbocycles. The average Bonchev–Trinajstić information content (AvgIpc) is 3.46. The fourth-order valence-electron chi connectivity index (χ4n) is 3.63. The molecule has 5 nitrogen and oxygen atoms in total. The van der Waals surface area contributed by atoms with E-state index in [1.165, 1.54) is 11.8 Å². The van der Waals surface area contributed by atoms with Gasteiger partial charge in [-0.3, -0.25) is 14.5 Å². The molecule has 1 N–H and O–H groups in total. The topological polar surface area (TPSA) is 62.6 Å². The molecule has 1 aliphatic rings. The molecule has 0 radical (unpaired) electrons. The van der Waals surface area contributed by atoms with Gasteiger partial charge in [-0.05, 0) is 42.0 Å². The van der Waals surface area contributed by atoms with Crippen molar-refractivity contribution in [2.24, 2.45) is 0 Å². The van der Waals surface area contributed by atoms with Crippen LogP contribution in [0.5, 0.6) is 0 Å². The summed E-state index contributed by atoms with van der Waals surface area (Å²) < 4.78 is 6.49. The molecule has 2 amide bonds. The Bertz CT molecular complexity index is 1410. The Hall–Kier alpha value is -3.94. The lowest BCUT2D eigenvalue weighted by molar-refractivity contribution is -0.122. The van der Waals surface area contributed by atoms with Crippen molar-refractivity contribution >= 4 is 51.9 Å². The number of thioether (sulfide) groups is 1. The second-order valence-electron chi connectivity index (χ2n) is 7.85. The fraction of sp³-hybridized carbons (Fsp3) is 0.0357. The lowest BCUT2D eigenvalue weighted by Gasteiger charge is -2.14. The minimum absolute atomic E-state index is 0.129. The van der Waals surface area contributed by atoms with Crippen LogP contribution in [0.25, 0.3) is 17.4 Å². The third-order valence-corrected chi connectivity index (χ3v) is 6.80. The van der Waals surface area contributed by atoms with Crippen molar-refractivity contribution in [2.45, 2.75) is 6.54 Å². The number of rotatable bonds is 6. The molecule has 0 unspecified atom stereocenters. The van der Waals surface area contributed by atoms with Crippen LogP contribution in [0.1, 0.15) is 21.7 Å². The number of amides is 2. The van der Waals surface area contributed by atoms with Crippen LogP contribution >= 0.6 is 24.0 Å². The van der Waals surface area contributed by atoms with Gasteiger partial charge in [-0.25, -0.2) is 0 Å². The van der Waals surface area contributed by atoms with Gasteiger partial charge in [-0.2, -0.15) is 0 Å². The lowest BCUT2D eigenvalue weighted by Crippen LogP contribution is -2.27. The molecule has 35 heavy (non-hydrogen) atoms. The van der Waals surface area contributed by atoms with Crippen LogP contribution in [-0.4, -0.2) is 21.0 Å². The predicted octanol–water partition coefficient (Wildman–Crippen LogP) is 6.60. The van der Waals surface area contributed by atoms with Crippen LogP contribution in [0, 0.1) is 0 Å². The van der Waals surface area contributed by atoms with E-state index >= 15 is 0 Å². The number of furan rings is 1. The van der Waals surface area contributed by atoms with Crippen molar-refractivity contribution in [3.63, 3.8) is 0 Å². The Kier molecular flexibility index (Phi) is 6.61. The van der Waals surface area contributed by atoms with E-state index in [9.17, 15) is 9.59 Å².